The van der Waals surface area contributed by atoms with E-state index in [1.165, 1.54) is 4.90 Å². The van der Waals surface area contributed by atoms with Gasteiger partial charge in [-0.1, -0.05) is 45.8 Å². The molecule has 2 aromatic rings. The van der Waals surface area contributed by atoms with Crippen molar-refractivity contribution in [3.8, 4) is 17.4 Å². The van der Waals surface area contributed by atoms with Gasteiger partial charge in [0.25, 0.3) is 0 Å². The first kappa shape index (κ1) is 47.3. The lowest BCUT2D eigenvalue weighted by atomic mass is 9.91. The van der Waals surface area contributed by atoms with Crippen molar-refractivity contribution in [2.75, 3.05) is 6.54 Å². The maximum absolute atomic E-state index is 14.8. The van der Waals surface area contributed by atoms with E-state index in [0.717, 1.165) is 24.2 Å². The van der Waals surface area contributed by atoms with Crippen LogP contribution < -0.4 is 23.9 Å². The monoisotopic (exact) mass is 896 g/mol. The summed E-state index contributed by atoms with van der Waals surface area (Å²) in [7, 11) is -6.09. The van der Waals surface area contributed by atoms with E-state index in [2.05, 4.69) is 43.9 Å². The third-order valence-electron chi connectivity index (χ3n) is 12.9. The van der Waals surface area contributed by atoms with E-state index < -0.39 is 70.7 Å². The number of pyridine rings is 1. The number of fused-ring (bicyclic) bond motifs is 3. The minimum Gasteiger partial charge on any atom is -0.543 e. The molecule has 0 unspecified atom stereocenters. The fraction of sp³-hybridized carbons (Fsp3) is 0.674. The number of ether oxygens (including phenoxy) is 3. The van der Waals surface area contributed by atoms with Crippen LogP contribution in [0.2, 0.25) is 18.1 Å². The molecule has 62 heavy (non-hydrogen) atoms. The Morgan fingerprint density at radius 3 is 2.35 bits per heavy atom. The van der Waals surface area contributed by atoms with Crippen LogP contribution in [0.4, 0.5) is 4.79 Å². The zero-order valence-electron chi connectivity index (χ0n) is 38.5. The molecular formula is C46H68N4O10SSi. The van der Waals surface area contributed by atoms with Crippen molar-refractivity contribution in [2.24, 2.45) is 11.3 Å². The molecule has 1 saturated heterocycles. The number of sulfonamides is 1. The molecule has 342 valence electrons. The van der Waals surface area contributed by atoms with E-state index in [9.17, 15) is 27.6 Å². The predicted octanol–water partition coefficient (Wildman–Crippen LogP) is 8.05. The highest BCUT2D eigenvalue weighted by atomic mass is 32.2. The highest BCUT2D eigenvalue weighted by Gasteiger charge is 2.61. The molecule has 5 atom stereocenters. The number of carbonyl (C=O) groups excluding carboxylic acids is 4. The summed E-state index contributed by atoms with van der Waals surface area (Å²) in [6.45, 7) is 21.9. The van der Waals surface area contributed by atoms with Crippen molar-refractivity contribution in [2.45, 2.75) is 180 Å². The molecule has 1 aromatic heterocycles. The summed E-state index contributed by atoms with van der Waals surface area (Å²) >= 11 is 0. The smallest absolute Gasteiger partial charge is 0.408 e. The molecule has 14 nitrogen and oxygen atoms in total. The van der Waals surface area contributed by atoms with Crippen molar-refractivity contribution < 1.29 is 46.2 Å². The molecule has 2 aliphatic carbocycles. The van der Waals surface area contributed by atoms with Crippen LogP contribution in [0.15, 0.2) is 30.4 Å². The Hall–Kier alpha value is -4.18. The fourth-order valence-corrected chi connectivity index (χ4v) is 10.6. The van der Waals surface area contributed by atoms with Crippen molar-refractivity contribution in [3.63, 3.8) is 0 Å². The van der Waals surface area contributed by atoms with Gasteiger partial charge in [0, 0.05) is 29.9 Å². The zero-order valence-corrected chi connectivity index (χ0v) is 40.3. The van der Waals surface area contributed by atoms with E-state index in [0.29, 0.717) is 61.1 Å². The maximum atomic E-state index is 14.8. The molecule has 3 heterocycles. The van der Waals surface area contributed by atoms with Gasteiger partial charge >= 0.3 is 6.09 Å². The van der Waals surface area contributed by atoms with Crippen molar-refractivity contribution in [1.29, 1.82) is 0 Å². The largest absolute Gasteiger partial charge is 0.543 e. The fourth-order valence-electron chi connectivity index (χ4n) is 8.11. The summed E-state index contributed by atoms with van der Waals surface area (Å²) in [6.07, 6.45) is 6.66. The average Bonchev–Trinajstić information content (AvgIpc) is 4.07. The minimum atomic E-state index is -3.88. The first-order valence-corrected chi connectivity index (χ1v) is 26.8. The van der Waals surface area contributed by atoms with Crippen LogP contribution in [0.25, 0.3) is 10.9 Å². The number of hydrogen-bond acceptors (Lipinski definition) is 11. The summed E-state index contributed by atoms with van der Waals surface area (Å²) < 4.78 is 53.5. The Labute approximate surface area is 368 Å². The first-order chi connectivity index (χ1) is 28.8. The van der Waals surface area contributed by atoms with Crippen LogP contribution in [0.3, 0.4) is 0 Å². The van der Waals surface area contributed by atoms with Gasteiger partial charge in [-0.05, 0) is 116 Å². The maximum Gasteiger partial charge on any atom is 0.408 e. The summed E-state index contributed by atoms with van der Waals surface area (Å²) in [4.78, 5) is 63.0. The van der Waals surface area contributed by atoms with Gasteiger partial charge in [0.15, 0.2) is 5.78 Å². The summed E-state index contributed by atoms with van der Waals surface area (Å²) in [5, 5.41) is 2.85. The van der Waals surface area contributed by atoms with E-state index in [1.807, 2.05) is 45.1 Å². The van der Waals surface area contributed by atoms with Gasteiger partial charge < -0.3 is 28.9 Å². The number of allylic oxidation sites excluding steroid dienone is 2. The third kappa shape index (κ3) is 10.9. The average molecular weight is 897 g/mol. The lowest BCUT2D eigenvalue weighted by Gasteiger charge is -2.37. The third-order valence-corrected chi connectivity index (χ3v) is 19.0. The van der Waals surface area contributed by atoms with Crippen molar-refractivity contribution >= 4 is 52.9 Å². The molecular weight excluding hydrogens is 829 g/mol. The predicted molar refractivity (Wildman–Crippen MR) is 240 cm³/mol. The number of hydrogen-bond donors (Lipinski definition) is 2. The number of alkyl carbamates (subject to hydrolysis) is 1. The van der Waals surface area contributed by atoms with E-state index >= 15 is 0 Å². The van der Waals surface area contributed by atoms with Crippen LogP contribution >= 0.6 is 0 Å². The molecule has 6 rings (SSSR count). The molecule has 2 N–H and O–H groups in total. The van der Waals surface area contributed by atoms with Gasteiger partial charge in [-0.15, -0.1) is 0 Å². The molecule has 0 bridgehead atoms. The van der Waals surface area contributed by atoms with Crippen LogP contribution in [0.5, 0.6) is 17.4 Å². The summed E-state index contributed by atoms with van der Waals surface area (Å²) in [6, 6.07) is 3.55. The Morgan fingerprint density at radius 2 is 1.71 bits per heavy atom. The SMILES string of the molecule is Cc1c(O[Si](C)(C)C(C)(C)C)ccc2c(O[C@@H]3C[C@H]4C(=O)C[C@]5(C(=O)NS(=O)(=O)C6CC6)C[C@H]5/C=C\CCCCC[C@H](NC(=O)OC(C)(C)C)C(=O)N4C3)cc(OC(C)C)nc12. The zero-order chi connectivity index (χ0) is 45.6. The number of rotatable bonds is 10. The van der Waals surface area contributed by atoms with Gasteiger partial charge in [-0.25, -0.2) is 18.2 Å². The van der Waals surface area contributed by atoms with Gasteiger partial charge in [-0.2, -0.15) is 0 Å². The molecule has 3 fully saturated rings. The summed E-state index contributed by atoms with van der Waals surface area (Å²) in [5.41, 5.74) is -0.622. The molecule has 16 heteroatoms. The van der Waals surface area contributed by atoms with Crippen molar-refractivity contribution in [3.05, 3.63) is 35.9 Å². The van der Waals surface area contributed by atoms with E-state index in [-0.39, 0.29) is 42.2 Å². The van der Waals surface area contributed by atoms with Gasteiger partial charge in [-0.3, -0.25) is 19.1 Å². The number of aromatic nitrogens is 1. The van der Waals surface area contributed by atoms with E-state index in [1.54, 1.807) is 26.8 Å². The molecule has 4 aliphatic rings. The van der Waals surface area contributed by atoms with Gasteiger partial charge in [0.1, 0.15) is 29.2 Å². The number of nitrogens with one attached hydrogen (secondary N) is 2. The van der Waals surface area contributed by atoms with Crippen LogP contribution in [0, 0.1) is 18.3 Å². The van der Waals surface area contributed by atoms with E-state index in [4.69, 9.17) is 23.6 Å². The van der Waals surface area contributed by atoms with Crippen molar-refractivity contribution in [1.82, 2.24) is 19.9 Å². The normalized spacial score (nSPS) is 25.8. The second kappa shape index (κ2) is 17.8. The Morgan fingerprint density at radius 1 is 1.00 bits per heavy atom. The Kier molecular flexibility index (Phi) is 13.6. The number of ketones is 1. The quantitative estimate of drug-likeness (QED) is 0.174. The molecule has 0 radical (unpaired) electrons. The highest BCUT2D eigenvalue weighted by Crippen LogP contribution is 2.57. The number of amides is 3. The van der Waals surface area contributed by atoms with Gasteiger partial charge in [0.05, 0.1) is 34.9 Å². The molecule has 2 aliphatic heterocycles. The minimum absolute atomic E-state index is 0.00998. The van der Waals surface area contributed by atoms with Crippen LogP contribution in [-0.4, -0.2) is 92.0 Å². The molecule has 3 amide bonds. The Bertz CT molecular complexity index is 2190. The number of carbonyl (C=O) groups is 4. The number of aryl methyl sites for hydroxylation is 1. The number of benzene rings is 1. The highest BCUT2D eigenvalue weighted by molar-refractivity contribution is 7.90. The summed E-state index contributed by atoms with van der Waals surface area (Å²) in [5.74, 6) is -0.318. The standard InChI is InChI=1S/C46H68N4O10SSi/c1-28(2)57-39-24-38(33-21-22-37(29(3)40(33)48-39)60-62(10,11)45(7,8)9)58-31-23-35-36(51)26-46(42(53)49-61(55,56)32-19-20-32)25-30(46)17-15-13-12-14-16-18-34(41(52)50(35)27-31)47-43(54)59-44(4,5)6/h15,17,21-22,24,28,30-32,34-35H,12-14,16,18-20,23,25-27H2,1-11H3,(H,47,54)(H,49,53)/b17-15-/t30-,31-,34+,35+,46-/m1/s1. The molecule has 2 saturated carbocycles. The second-order valence-electron chi connectivity index (χ2n) is 20.6. The molecule has 1 aromatic carbocycles. The van der Waals surface area contributed by atoms with Gasteiger partial charge in [0.2, 0.25) is 36.0 Å². The topological polar surface area (TPSA) is 180 Å². The Balaban J connectivity index is 1.36. The molecule has 0 spiro atoms. The lowest BCUT2D eigenvalue weighted by Crippen LogP contribution is -2.53. The second-order valence-corrected chi connectivity index (χ2v) is 27.3. The lowest BCUT2D eigenvalue weighted by molar-refractivity contribution is -0.140. The number of nitrogens with zero attached hydrogens (tertiary/aromatic N) is 2. The first-order valence-electron chi connectivity index (χ1n) is 22.3. The number of Topliss-reactive ketones (excluding diaryl/α,β-unsaturated/α-hetero) is 1. The van der Waals surface area contributed by atoms with Crippen LogP contribution in [-0.2, 0) is 29.1 Å². The van der Waals surface area contributed by atoms with Crippen LogP contribution in [0.1, 0.15) is 125 Å².